The predicted octanol–water partition coefficient (Wildman–Crippen LogP) is 1.31. The minimum Gasteiger partial charge on any atom is -0.341 e. The van der Waals surface area contributed by atoms with Crippen LogP contribution in [-0.4, -0.2) is 56.0 Å². The molecular formula is C14H29N3O. The Kier molecular flexibility index (Phi) is 6.09. The van der Waals surface area contributed by atoms with E-state index >= 15 is 0 Å². The van der Waals surface area contributed by atoms with E-state index in [9.17, 15) is 4.79 Å². The van der Waals surface area contributed by atoms with Gasteiger partial charge in [-0.15, -0.1) is 0 Å². The van der Waals surface area contributed by atoms with Gasteiger partial charge in [0, 0.05) is 26.2 Å². The number of nitrogens with two attached hydrogens (primary N) is 1. The van der Waals surface area contributed by atoms with Crippen LogP contribution >= 0.6 is 0 Å². The lowest BCUT2D eigenvalue weighted by molar-refractivity contribution is -0.141. The molecule has 0 radical (unpaired) electrons. The third kappa shape index (κ3) is 3.69. The molecule has 0 atom stereocenters. The fourth-order valence-electron chi connectivity index (χ4n) is 2.80. The van der Waals surface area contributed by atoms with E-state index in [1.165, 1.54) is 0 Å². The number of amides is 1. The molecule has 1 amide bonds. The first-order valence-electron chi connectivity index (χ1n) is 7.20. The highest BCUT2D eigenvalue weighted by Gasteiger charge is 2.41. The highest BCUT2D eigenvalue weighted by atomic mass is 16.2. The van der Waals surface area contributed by atoms with E-state index in [-0.39, 0.29) is 5.41 Å². The summed E-state index contributed by atoms with van der Waals surface area (Å²) in [4.78, 5) is 16.9. The number of carbonyl (C=O) groups excluding carboxylic acids is 1. The van der Waals surface area contributed by atoms with Crippen molar-refractivity contribution in [1.29, 1.82) is 0 Å². The Morgan fingerprint density at radius 1 is 1.17 bits per heavy atom. The molecule has 106 valence electrons. The van der Waals surface area contributed by atoms with Crippen molar-refractivity contribution in [3.05, 3.63) is 0 Å². The van der Waals surface area contributed by atoms with Gasteiger partial charge in [0.1, 0.15) is 0 Å². The highest BCUT2D eigenvalue weighted by Crippen LogP contribution is 2.38. The maximum atomic E-state index is 12.7. The van der Waals surface area contributed by atoms with E-state index < -0.39 is 0 Å². The Hall–Kier alpha value is -0.610. The third-order valence-electron chi connectivity index (χ3n) is 4.00. The fourth-order valence-corrected chi connectivity index (χ4v) is 2.80. The maximum absolute atomic E-state index is 12.7. The van der Waals surface area contributed by atoms with Gasteiger partial charge in [-0.2, -0.15) is 0 Å². The van der Waals surface area contributed by atoms with Gasteiger partial charge in [0.2, 0.25) is 5.91 Å². The number of nitrogens with zero attached hydrogens (tertiary/aromatic N) is 2. The van der Waals surface area contributed by atoms with Crippen molar-refractivity contribution in [1.82, 2.24) is 9.80 Å². The number of hydrogen-bond acceptors (Lipinski definition) is 3. The fraction of sp³-hybridized carbons (Fsp3) is 0.929. The Balaban J connectivity index is 2.68. The van der Waals surface area contributed by atoms with Crippen molar-refractivity contribution in [2.24, 2.45) is 11.1 Å². The molecule has 0 aromatic heterocycles. The summed E-state index contributed by atoms with van der Waals surface area (Å²) in [6, 6.07) is 0. The van der Waals surface area contributed by atoms with E-state index in [1.54, 1.807) is 0 Å². The zero-order valence-electron chi connectivity index (χ0n) is 12.2. The Morgan fingerprint density at radius 2 is 1.78 bits per heavy atom. The third-order valence-corrected chi connectivity index (χ3v) is 4.00. The molecule has 18 heavy (non-hydrogen) atoms. The topological polar surface area (TPSA) is 49.6 Å². The Labute approximate surface area is 111 Å². The number of rotatable bonds is 7. The van der Waals surface area contributed by atoms with Gasteiger partial charge in [-0.05, 0) is 33.4 Å². The molecule has 0 saturated heterocycles. The van der Waals surface area contributed by atoms with Crippen LogP contribution in [0.25, 0.3) is 0 Å². The average molecular weight is 255 g/mol. The molecule has 0 heterocycles. The minimum atomic E-state index is -0.249. The smallest absolute Gasteiger partial charge is 0.230 e. The normalized spacial score (nSPS) is 18.3. The molecule has 0 aromatic rings. The molecule has 1 saturated carbocycles. The summed E-state index contributed by atoms with van der Waals surface area (Å²) in [7, 11) is 4.09. The average Bonchev–Trinajstić information content (AvgIpc) is 2.83. The van der Waals surface area contributed by atoms with Gasteiger partial charge in [0.25, 0.3) is 0 Å². The van der Waals surface area contributed by atoms with Crippen molar-refractivity contribution in [2.75, 3.05) is 40.3 Å². The molecule has 1 aliphatic rings. The number of carbonyl (C=O) groups is 1. The SMILES string of the molecule is CCCN(CCN(C)C)C(=O)C1(CN)CCCC1. The molecule has 0 aromatic carbocycles. The van der Waals surface area contributed by atoms with E-state index in [1.807, 2.05) is 19.0 Å². The van der Waals surface area contributed by atoms with Gasteiger partial charge in [-0.25, -0.2) is 0 Å². The second-order valence-electron chi connectivity index (χ2n) is 5.79. The van der Waals surface area contributed by atoms with Crippen molar-refractivity contribution >= 4 is 5.91 Å². The largest absolute Gasteiger partial charge is 0.341 e. The molecule has 4 nitrogen and oxygen atoms in total. The molecule has 1 rings (SSSR count). The van der Waals surface area contributed by atoms with Gasteiger partial charge >= 0.3 is 0 Å². The van der Waals surface area contributed by atoms with Crippen molar-refractivity contribution in [3.63, 3.8) is 0 Å². The minimum absolute atomic E-state index is 0.249. The summed E-state index contributed by atoms with van der Waals surface area (Å²) in [5, 5.41) is 0. The molecule has 0 spiro atoms. The van der Waals surface area contributed by atoms with Gasteiger partial charge < -0.3 is 15.5 Å². The van der Waals surface area contributed by atoms with Crippen molar-refractivity contribution < 1.29 is 4.79 Å². The molecule has 2 N–H and O–H groups in total. The monoisotopic (exact) mass is 255 g/mol. The summed E-state index contributed by atoms with van der Waals surface area (Å²) in [5.41, 5.74) is 5.65. The first kappa shape index (κ1) is 15.4. The number of hydrogen-bond donors (Lipinski definition) is 1. The van der Waals surface area contributed by atoms with E-state index in [0.29, 0.717) is 12.5 Å². The zero-order valence-corrected chi connectivity index (χ0v) is 12.2. The van der Waals surface area contributed by atoms with Crippen LogP contribution in [0, 0.1) is 5.41 Å². The Morgan fingerprint density at radius 3 is 2.22 bits per heavy atom. The lowest BCUT2D eigenvalue weighted by Gasteiger charge is -2.34. The molecule has 0 aliphatic heterocycles. The second kappa shape index (κ2) is 7.10. The van der Waals surface area contributed by atoms with E-state index in [2.05, 4.69) is 11.8 Å². The highest BCUT2D eigenvalue weighted by molar-refractivity contribution is 5.83. The van der Waals surface area contributed by atoms with Crippen molar-refractivity contribution in [2.45, 2.75) is 39.0 Å². The van der Waals surface area contributed by atoms with Crippen LogP contribution < -0.4 is 5.73 Å². The molecule has 4 heteroatoms. The quantitative estimate of drug-likeness (QED) is 0.746. The van der Waals surface area contributed by atoms with Crippen LogP contribution in [0.2, 0.25) is 0 Å². The van der Waals surface area contributed by atoms with Crippen LogP contribution in [0.1, 0.15) is 39.0 Å². The lowest BCUT2D eigenvalue weighted by atomic mass is 9.84. The van der Waals surface area contributed by atoms with Gasteiger partial charge in [-0.1, -0.05) is 19.8 Å². The number of likely N-dealkylation sites (N-methyl/N-ethyl adjacent to an activating group) is 1. The molecular weight excluding hydrogens is 226 g/mol. The zero-order chi connectivity index (χ0) is 13.6. The first-order valence-corrected chi connectivity index (χ1v) is 7.20. The summed E-state index contributed by atoms with van der Waals surface area (Å²) in [6.07, 6.45) is 5.27. The summed E-state index contributed by atoms with van der Waals surface area (Å²) in [6.45, 7) is 5.23. The van der Waals surface area contributed by atoms with Crippen molar-refractivity contribution in [3.8, 4) is 0 Å². The first-order chi connectivity index (χ1) is 8.55. The van der Waals surface area contributed by atoms with Crippen LogP contribution in [0.3, 0.4) is 0 Å². The lowest BCUT2D eigenvalue weighted by Crippen LogP contribution is -2.48. The molecule has 0 unspecified atom stereocenters. The van der Waals surface area contributed by atoms with Gasteiger partial charge in [0.15, 0.2) is 0 Å². The van der Waals surface area contributed by atoms with Gasteiger partial charge in [0.05, 0.1) is 5.41 Å². The predicted molar refractivity (Wildman–Crippen MR) is 75.4 cm³/mol. The van der Waals surface area contributed by atoms with Crippen LogP contribution in [0.5, 0.6) is 0 Å². The Bertz CT molecular complexity index is 260. The van der Waals surface area contributed by atoms with Gasteiger partial charge in [-0.3, -0.25) is 4.79 Å². The second-order valence-corrected chi connectivity index (χ2v) is 5.79. The van der Waals surface area contributed by atoms with Crippen LogP contribution in [0.4, 0.5) is 0 Å². The van der Waals surface area contributed by atoms with E-state index in [0.717, 1.165) is 51.7 Å². The maximum Gasteiger partial charge on any atom is 0.230 e. The van der Waals surface area contributed by atoms with E-state index in [4.69, 9.17) is 5.73 Å². The molecule has 0 bridgehead atoms. The molecule has 1 fully saturated rings. The van der Waals surface area contributed by atoms with Crippen LogP contribution in [-0.2, 0) is 4.79 Å². The standard InChI is InChI=1S/C14H29N3O/c1-4-9-17(11-10-16(2)3)13(18)14(12-15)7-5-6-8-14/h4-12,15H2,1-3H3. The molecule has 1 aliphatic carbocycles. The summed E-state index contributed by atoms with van der Waals surface area (Å²) >= 11 is 0. The summed E-state index contributed by atoms with van der Waals surface area (Å²) < 4.78 is 0. The van der Waals surface area contributed by atoms with Crippen LogP contribution in [0.15, 0.2) is 0 Å². The summed E-state index contributed by atoms with van der Waals surface area (Å²) in [5.74, 6) is 0.297.